The Bertz CT molecular complexity index is 693. The van der Waals surface area contributed by atoms with Gasteiger partial charge in [0.05, 0.1) is 23.1 Å². The summed E-state index contributed by atoms with van der Waals surface area (Å²) < 4.78 is 2.75. The van der Waals surface area contributed by atoms with Gasteiger partial charge in [0.1, 0.15) is 0 Å². The van der Waals surface area contributed by atoms with Crippen LogP contribution in [0.2, 0.25) is 0 Å². The van der Waals surface area contributed by atoms with Crippen LogP contribution < -0.4 is 11.1 Å². The highest BCUT2D eigenvalue weighted by atomic mass is 79.9. The number of benzene rings is 1. The summed E-state index contributed by atoms with van der Waals surface area (Å²) in [6.45, 7) is 2.38. The SMILES string of the molecule is Cc1c(C(=O)NC(CN)C2CC2)cnn1-c1cccc(Br)c1. The van der Waals surface area contributed by atoms with Crippen LogP contribution in [0.25, 0.3) is 5.69 Å². The molecule has 0 spiro atoms. The minimum absolute atomic E-state index is 0.0705. The van der Waals surface area contributed by atoms with Crippen molar-refractivity contribution in [2.24, 2.45) is 11.7 Å². The molecule has 0 aliphatic heterocycles. The summed E-state index contributed by atoms with van der Waals surface area (Å²) in [6.07, 6.45) is 3.92. The Morgan fingerprint density at radius 3 is 2.95 bits per heavy atom. The molecule has 1 saturated carbocycles. The number of hydrogen-bond donors (Lipinski definition) is 2. The summed E-state index contributed by atoms with van der Waals surface area (Å²) in [5, 5.41) is 7.38. The molecule has 1 fully saturated rings. The molecule has 6 heteroatoms. The number of hydrogen-bond acceptors (Lipinski definition) is 3. The summed E-state index contributed by atoms with van der Waals surface area (Å²) in [7, 11) is 0. The Balaban J connectivity index is 1.82. The molecule has 0 radical (unpaired) electrons. The minimum atomic E-state index is -0.0962. The van der Waals surface area contributed by atoms with Gasteiger partial charge < -0.3 is 11.1 Å². The number of nitrogens with one attached hydrogen (secondary N) is 1. The fourth-order valence-electron chi connectivity index (χ4n) is 2.61. The van der Waals surface area contributed by atoms with Crippen LogP contribution in [0.15, 0.2) is 34.9 Å². The van der Waals surface area contributed by atoms with Crippen LogP contribution in [-0.2, 0) is 0 Å². The molecule has 5 nitrogen and oxygen atoms in total. The second-order valence-electron chi connectivity index (χ2n) is 5.69. The molecule has 0 saturated heterocycles. The number of rotatable bonds is 5. The van der Waals surface area contributed by atoms with E-state index in [2.05, 4.69) is 26.3 Å². The third kappa shape index (κ3) is 3.08. The van der Waals surface area contributed by atoms with Crippen LogP contribution in [0.1, 0.15) is 28.9 Å². The first-order valence-electron chi connectivity index (χ1n) is 7.41. The summed E-state index contributed by atoms with van der Waals surface area (Å²) >= 11 is 3.45. The first-order chi connectivity index (χ1) is 10.6. The number of nitrogens with zero attached hydrogens (tertiary/aromatic N) is 2. The lowest BCUT2D eigenvalue weighted by atomic mass is 10.1. The van der Waals surface area contributed by atoms with E-state index in [0.29, 0.717) is 18.0 Å². The van der Waals surface area contributed by atoms with Gasteiger partial charge in [-0.05, 0) is 43.9 Å². The van der Waals surface area contributed by atoms with Gasteiger partial charge in [-0.1, -0.05) is 22.0 Å². The van der Waals surface area contributed by atoms with Crippen molar-refractivity contribution in [3.8, 4) is 5.69 Å². The molecular weight excluding hydrogens is 344 g/mol. The summed E-state index contributed by atoms with van der Waals surface area (Å²) in [5.74, 6) is 0.440. The quantitative estimate of drug-likeness (QED) is 0.857. The van der Waals surface area contributed by atoms with Crippen molar-refractivity contribution in [3.05, 3.63) is 46.2 Å². The maximum absolute atomic E-state index is 12.4. The van der Waals surface area contributed by atoms with Crippen LogP contribution in [0.3, 0.4) is 0 Å². The third-order valence-corrected chi connectivity index (χ3v) is 4.56. The molecule has 1 aromatic heterocycles. The molecule has 1 unspecified atom stereocenters. The van der Waals surface area contributed by atoms with Crippen molar-refractivity contribution < 1.29 is 4.79 Å². The molecule has 1 aliphatic rings. The Labute approximate surface area is 138 Å². The predicted molar refractivity (Wildman–Crippen MR) is 89.0 cm³/mol. The van der Waals surface area contributed by atoms with Crippen LogP contribution in [0.4, 0.5) is 0 Å². The van der Waals surface area contributed by atoms with Gasteiger partial charge in [0.15, 0.2) is 0 Å². The molecule has 1 aromatic carbocycles. The van der Waals surface area contributed by atoms with Gasteiger partial charge in [-0.2, -0.15) is 5.10 Å². The van der Waals surface area contributed by atoms with Gasteiger partial charge >= 0.3 is 0 Å². The monoisotopic (exact) mass is 362 g/mol. The molecule has 1 atom stereocenters. The fourth-order valence-corrected chi connectivity index (χ4v) is 3.00. The first-order valence-corrected chi connectivity index (χ1v) is 8.21. The molecule has 2 aromatic rings. The lowest BCUT2D eigenvalue weighted by Gasteiger charge is -2.15. The first kappa shape index (κ1) is 15.2. The molecule has 3 N–H and O–H groups in total. The largest absolute Gasteiger partial charge is 0.348 e. The van der Waals surface area contributed by atoms with E-state index >= 15 is 0 Å². The fraction of sp³-hybridized carbons (Fsp3) is 0.375. The average Bonchev–Trinajstić information content (AvgIpc) is 3.27. The maximum Gasteiger partial charge on any atom is 0.255 e. The van der Waals surface area contributed by atoms with Gasteiger partial charge in [0, 0.05) is 17.1 Å². The van der Waals surface area contributed by atoms with Gasteiger partial charge in [-0.3, -0.25) is 4.79 Å². The number of amides is 1. The van der Waals surface area contributed by atoms with E-state index in [1.54, 1.807) is 10.9 Å². The van der Waals surface area contributed by atoms with Crippen molar-refractivity contribution in [1.82, 2.24) is 15.1 Å². The highest BCUT2D eigenvalue weighted by molar-refractivity contribution is 9.10. The highest BCUT2D eigenvalue weighted by Crippen LogP contribution is 2.32. The molecule has 116 valence electrons. The molecular formula is C16H19BrN4O. The van der Waals surface area contributed by atoms with Crippen LogP contribution in [-0.4, -0.2) is 28.3 Å². The second-order valence-corrected chi connectivity index (χ2v) is 6.60. The van der Waals surface area contributed by atoms with E-state index in [1.165, 1.54) is 0 Å². The Morgan fingerprint density at radius 2 is 2.32 bits per heavy atom. The van der Waals surface area contributed by atoms with Crippen LogP contribution >= 0.6 is 15.9 Å². The molecule has 1 amide bonds. The van der Waals surface area contributed by atoms with E-state index in [-0.39, 0.29) is 11.9 Å². The third-order valence-electron chi connectivity index (χ3n) is 4.07. The molecule has 3 rings (SSSR count). The van der Waals surface area contributed by atoms with Gasteiger partial charge in [-0.25, -0.2) is 4.68 Å². The van der Waals surface area contributed by atoms with Gasteiger partial charge in [0.25, 0.3) is 5.91 Å². The number of carbonyl (C=O) groups excluding carboxylic acids is 1. The predicted octanol–water partition coefficient (Wildman–Crippen LogP) is 2.41. The van der Waals surface area contributed by atoms with Crippen molar-refractivity contribution in [2.45, 2.75) is 25.8 Å². The van der Waals surface area contributed by atoms with E-state index in [1.807, 2.05) is 31.2 Å². The zero-order chi connectivity index (χ0) is 15.7. The number of carbonyl (C=O) groups is 1. The maximum atomic E-state index is 12.4. The van der Waals surface area contributed by atoms with E-state index in [0.717, 1.165) is 28.7 Å². The van der Waals surface area contributed by atoms with Gasteiger partial charge in [0.2, 0.25) is 0 Å². The lowest BCUT2D eigenvalue weighted by molar-refractivity contribution is 0.0933. The zero-order valence-electron chi connectivity index (χ0n) is 12.4. The van der Waals surface area contributed by atoms with Crippen LogP contribution in [0, 0.1) is 12.8 Å². The smallest absolute Gasteiger partial charge is 0.255 e. The lowest BCUT2D eigenvalue weighted by Crippen LogP contribution is -2.41. The number of aromatic nitrogens is 2. The topological polar surface area (TPSA) is 72.9 Å². The van der Waals surface area contributed by atoms with E-state index in [9.17, 15) is 4.79 Å². The van der Waals surface area contributed by atoms with E-state index < -0.39 is 0 Å². The standard InChI is InChI=1S/C16H19BrN4O/c1-10-14(16(22)20-15(8-18)11-5-6-11)9-19-21(10)13-4-2-3-12(17)7-13/h2-4,7,9,11,15H,5-6,8,18H2,1H3,(H,20,22). The number of halogens is 1. The number of nitrogens with two attached hydrogens (primary N) is 1. The summed E-state index contributed by atoms with van der Waals surface area (Å²) in [5.41, 5.74) is 8.09. The van der Waals surface area contributed by atoms with Crippen molar-refractivity contribution >= 4 is 21.8 Å². The minimum Gasteiger partial charge on any atom is -0.348 e. The van der Waals surface area contributed by atoms with Gasteiger partial charge in [-0.15, -0.1) is 0 Å². The summed E-state index contributed by atoms with van der Waals surface area (Å²) in [4.78, 5) is 12.4. The van der Waals surface area contributed by atoms with Crippen molar-refractivity contribution in [1.29, 1.82) is 0 Å². The molecule has 1 aliphatic carbocycles. The molecule has 0 bridgehead atoms. The Hall–Kier alpha value is -1.66. The Morgan fingerprint density at radius 1 is 1.55 bits per heavy atom. The van der Waals surface area contributed by atoms with Crippen molar-refractivity contribution in [2.75, 3.05) is 6.54 Å². The van der Waals surface area contributed by atoms with Crippen LogP contribution in [0.5, 0.6) is 0 Å². The second kappa shape index (κ2) is 6.22. The summed E-state index contributed by atoms with van der Waals surface area (Å²) in [6, 6.07) is 7.89. The Kier molecular flexibility index (Phi) is 4.31. The molecule has 22 heavy (non-hydrogen) atoms. The average molecular weight is 363 g/mol. The normalized spacial score (nSPS) is 15.6. The molecule has 1 heterocycles. The zero-order valence-corrected chi connectivity index (χ0v) is 14.0. The van der Waals surface area contributed by atoms with E-state index in [4.69, 9.17) is 5.73 Å². The van der Waals surface area contributed by atoms with Crippen molar-refractivity contribution in [3.63, 3.8) is 0 Å². The highest BCUT2D eigenvalue weighted by Gasteiger charge is 2.32.